The van der Waals surface area contributed by atoms with Gasteiger partial charge in [-0.2, -0.15) is 0 Å². The molecule has 58 valence electrons. The average molecular weight is 149 g/mol. The standard InChI is InChI=1S/C9H11NO/c1-2-8(7-11)5-9-3-4-10-6-9/h3-7,10H,2H2,1H3. The predicted molar refractivity (Wildman–Crippen MR) is 45.1 cm³/mol. The lowest BCUT2D eigenvalue weighted by Gasteiger charge is -1.89. The van der Waals surface area contributed by atoms with Crippen LogP contribution in [0, 0.1) is 0 Å². The lowest BCUT2D eigenvalue weighted by Crippen LogP contribution is -1.79. The second-order valence-electron chi connectivity index (χ2n) is 2.33. The molecule has 1 heterocycles. The third-order valence-corrected chi connectivity index (χ3v) is 1.53. The van der Waals surface area contributed by atoms with E-state index >= 15 is 0 Å². The summed E-state index contributed by atoms with van der Waals surface area (Å²) in [4.78, 5) is 13.3. The van der Waals surface area contributed by atoms with Crippen LogP contribution < -0.4 is 0 Å². The van der Waals surface area contributed by atoms with Crippen LogP contribution in [0.1, 0.15) is 18.9 Å². The second kappa shape index (κ2) is 3.76. The highest BCUT2D eigenvalue weighted by molar-refractivity contribution is 5.81. The summed E-state index contributed by atoms with van der Waals surface area (Å²) in [5, 5.41) is 0. The van der Waals surface area contributed by atoms with Crippen molar-refractivity contribution in [2.75, 3.05) is 0 Å². The number of aldehydes is 1. The first-order valence-corrected chi connectivity index (χ1v) is 3.65. The van der Waals surface area contributed by atoms with Gasteiger partial charge in [-0.3, -0.25) is 4.79 Å². The third-order valence-electron chi connectivity index (χ3n) is 1.53. The fourth-order valence-corrected chi connectivity index (χ4v) is 0.860. The molecule has 0 aliphatic heterocycles. The molecular formula is C9H11NO. The highest BCUT2D eigenvalue weighted by atomic mass is 16.1. The number of H-pyrrole nitrogens is 1. The topological polar surface area (TPSA) is 32.9 Å². The van der Waals surface area contributed by atoms with Crippen LogP contribution in [0.2, 0.25) is 0 Å². The molecule has 0 saturated heterocycles. The van der Waals surface area contributed by atoms with Gasteiger partial charge in [0.2, 0.25) is 0 Å². The van der Waals surface area contributed by atoms with Crippen molar-refractivity contribution in [3.63, 3.8) is 0 Å². The molecule has 0 aromatic carbocycles. The van der Waals surface area contributed by atoms with Crippen LogP contribution >= 0.6 is 0 Å². The van der Waals surface area contributed by atoms with Gasteiger partial charge in [-0.15, -0.1) is 0 Å². The number of aromatic amines is 1. The summed E-state index contributed by atoms with van der Waals surface area (Å²) >= 11 is 0. The number of hydrogen-bond acceptors (Lipinski definition) is 1. The molecule has 0 saturated carbocycles. The minimum Gasteiger partial charge on any atom is -0.367 e. The van der Waals surface area contributed by atoms with Crippen molar-refractivity contribution in [1.82, 2.24) is 4.98 Å². The van der Waals surface area contributed by atoms with Crippen LogP contribution in [0.3, 0.4) is 0 Å². The smallest absolute Gasteiger partial charge is 0.146 e. The molecule has 0 bridgehead atoms. The molecule has 1 rings (SSSR count). The number of carbonyl (C=O) groups is 1. The molecule has 0 aliphatic carbocycles. The Kier molecular flexibility index (Phi) is 2.66. The summed E-state index contributed by atoms with van der Waals surface area (Å²) in [6.07, 6.45) is 7.26. The predicted octanol–water partition coefficient (Wildman–Crippen LogP) is 2.01. The summed E-state index contributed by atoms with van der Waals surface area (Å²) in [6.45, 7) is 1.97. The normalized spacial score (nSPS) is 11.5. The van der Waals surface area contributed by atoms with Gasteiger partial charge >= 0.3 is 0 Å². The Morgan fingerprint density at radius 2 is 2.55 bits per heavy atom. The fraction of sp³-hybridized carbons (Fsp3) is 0.222. The SMILES string of the molecule is CCC(C=O)=Cc1cc[nH]c1. The van der Waals surface area contributed by atoms with E-state index in [4.69, 9.17) is 0 Å². The summed E-state index contributed by atoms with van der Waals surface area (Å²) < 4.78 is 0. The zero-order valence-corrected chi connectivity index (χ0v) is 6.50. The monoisotopic (exact) mass is 149 g/mol. The van der Waals surface area contributed by atoms with Crippen molar-refractivity contribution in [3.8, 4) is 0 Å². The van der Waals surface area contributed by atoms with Crippen LogP contribution in [-0.2, 0) is 4.79 Å². The summed E-state index contributed by atoms with van der Waals surface area (Å²) in [5.41, 5.74) is 1.87. The van der Waals surface area contributed by atoms with Crippen molar-refractivity contribution in [1.29, 1.82) is 0 Å². The van der Waals surface area contributed by atoms with Crippen LogP contribution in [0.15, 0.2) is 24.0 Å². The van der Waals surface area contributed by atoms with Crippen LogP contribution in [0.5, 0.6) is 0 Å². The van der Waals surface area contributed by atoms with Gasteiger partial charge in [0.05, 0.1) is 0 Å². The molecule has 2 nitrogen and oxygen atoms in total. The van der Waals surface area contributed by atoms with Gasteiger partial charge in [0.1, 0.15) is 6.29 Å². The molecule has 0 spiro atoms. The molecular weight excluding hydrogens is 138 g/mol. The van der Waals surface area contributed by atoms with E-state index in [1.54, 1.807) is 0 Å². The molecule has 11 heavy (non-hydrogen) atoms. The Morgan fingerprint density at radius 1 is 1.73 bits per heavy atom. The highest BCUT2D eigenvalue weighted by Crippen LogP contribution is 2.05. The van der Waals surface area contributed by atoms with E-state index in [9.17, 15) is 4.79 Å². The minimum atomic E-state index is 0.786. The van der Waals surface area contributed by atoms with E-state index in [1.807, 2.05) is 31.5 Å². The zero-order valence-electron chi connectivity index (χ0n) is 6.50. The van der Waals surface area contributed by atoms with Crippen LogP contribution in [0.25, 0.3) is 6.08 Å². The molecule has 0 aliphatic rings. The first-order chi connectivity index (χ1) is 5.36. The van der Waals surface area contributed by atoms with Crippen molar-refractivity contribution < 1.29 is 4.79 Å². The number of carbonyl (C=O) groups excluding carboxylic acids is 1. The Hall–Kier alpha value is -1.31. The zero-order chi connectivity index (χ0) is 8.10. The minimum absolute atomic E-state index is 0.786. The molecule has 0 fully saturated rings. The van der Waals surface area contributed by atoms with Gasteiger partial charge in [-0.1, -0.05) is 6.92 Å². The van der Waals surface area contributed by atoms with E-state index in [0.29, 0.717) is 0 Å². The Morgan fingerprint density at radius 3 is 3.00 bits per heavy atom. The first kappa shape index (κ1) is 7.79. The highest BCUT2D eigenvalue weighted by Gasteiger charge is 1.91. The van der Waals surface area contributed by atoms with Crippen molar-refractivity contribution in [2.24, 2.45) is 0 Å². The summed E-state index contributed by atoms with van der Waals surface area (Å²) in [5.74, 6) is 0. The van der Waals surface area contributed by atoms with Crippen LogP contribution in [0.4, 0.5) is 0 Å². The van der Waals surface area contributed by atoms with Crippen molar-refractivity contribution in [2.45, 2.75) is 13.3 Å². The number of aromatic nitrogens is 1. The molecule has 0 unspecified atom stereocenters. The number of rotatable bonds is 3. The average Bonchev–Trinajstić information content (AvgIpc) is 2.52. The third kappa shape index (κ3) is 2.08. The van der Waals surface area contributed by atoms with Gasteiger partial charge in [0.25, 0.3) is 0 Å². The van der Waals surface area contributed by atoms with E-state index in [1.165, 1.54) is 0 Å². The summed E-state index contributed by atoms with van der Waals surface area (Å²) in [6, 6.07) is 1.93. The second-order valence-corrected chi connectivity index (χ2v) is 2.33. The van der Waals surface area contributed by atoms with Gasteiger partial charge in [0.15, 0.2) is 0 Å². The van der Waals surface area contributed by atoms with Gasteiger partial charge in [0, 0.05) is 12.4 Å². The van der Waals surface area contributed by atoms with Gasteiger partial charge in [-0.05, 0) is 29.7 Å². The fourth-order valence-electron chi connectivity index (χ4n) is 0.860. The maximum atomic E-state index is 10.4. The largest absolute Gasteiger partial charge is 0.367 e. The number of allylic oxidation sites excluding steroid dienone is 1. The number of nitrogens with one attached hydrogen (secondary N) is 1. The maximum Gasteiger partial charge on any atom is 0.146 e. The van der Waals surface area contributed by atoms with E-state index < -0.39 is 0 Å². The lowest BCUT2D eigenvalue weighted by atomic mass is 10.1. The van der Waals surface area contributed by atoms with E-state index in [2.05, 4.69) is 4.98 Å². The lowest BCUT2D eigenvalue weighted by molar-refractivity contribution is -0.104. The van der Waals surface area contributed by atoms with Gasteiger partial charge in [-0.25, -0.2) is 0 Å². The first-order valence-electron chi connectivity index (χ1n) is 3.65. The van der Waals surface area contributed by atoms with Crippen LogP contribution in [-0.4, -0.2) is 11.3 Å². The molecule has 0 atom stereocenters. The van der Waals surface area contributed by atoms with E-state index in [0.717, 1.165) is 23.8 Å². The maximum absolute atomic E-state index is 10.4. The van der Waals surface area contributed by atoms with Crippen molar-refractivity contribution in [3.05, 3.63) is 29.6 Å². The summed E-state index contributed by atoms with van der Waals surface area (Å²) in [7, 11) is 0. The van der Waals surface area contributed by atoms with Crippen molar-refractivity contribution >= 4 is 12.4 Å². The molecule has 1 N–H and O–H groups in total. The molecule has 1 aromatic heterocycles. The molecule has 0 amide bonds. The molecule has 1 aromatic rings. The number of hydrogen-bond donors (Lipinski definition) is 1. The van der Waals surface area contributed by atoms with Gasteiger partial charge < -0.3 is 4.98 Å². The quantitative estimate of drug-likeness (QED) is 0.517. The molecule has 0 radical (unpaired) electrons. The molecule has 2 heteroatoms. The Labute approximate surface area is 65.9 Å². The van der Waals surface area contributed by atoms with E-state index in [-0.39, 0.29) is 0 Å². The Bertz CT molecular complexity index is 247. The Balaban J connectivity index is 2.79.